The SMILES string of the molecule is CN=C(NCCc1ccc2ccccc2c1)NC1CCN(C(=O)C(C)C)C1.I. The van der Waals surface area contributed by atoms with Gasteiger partial charge in [0.05, 0.1) is 0 Å². The van der Waals surface area contributed by atoms with Gasteiger partial charge < -0.3 is 15.5 Å². The van der Waals surface area contributed by atoms with Crippen LogP contribution >= 0.6 is 24.0 Å². The van der Waals surface area contributed by atoms with Gasteiger partial charge in [-0.05, 0) is 29.2 Å². The monoisotopic (exact) mass is 494 g/mol. The van der Waals surface area contributed by atoms with E-state index in [0.29, 0.717) is 0 Å². The van der Waals surface area contributed by atoms with Gasteiger partial charge in [0.15, 0.2) is 5.96 Å². The molecule has 0 bridgehead atoms. The number of carbonyl (C=O) groups is 1. The number of benzene rings is 2. The topological polar surface area (TPSA) is 56.7 Å². The average molecular weight is 494 g/mol. The summed E-state index contributed by atoms with van der Waals surface area (Å²) in [4.78, 5) is 18.4. The normalized spacial score (nSPS) is 16.9. The number of aliphatic imine (C=N–C) groups is 1. The highest BCUT2D eigenvalue weighted by Gasteiger charge is 2.27. The van der Waals surface area contributed by atoms with E-state index in [1.54, 1.807) is 7.05 Å². The molecule has 0 aliphatic carbocycles. The first-order chi connectivity index (χ1) is 13.1. The van der Waals surface area contributed by atoms with Crippen LogP contribution in [0.2, 0.25) is 0 Å². The zero-order chi connectivity index (χ0) is 19.2. The summed E-state index contributed by atoms with van der Waals surface area (Å²) < 4.78 is 0. The molecule has 1 atom stereocenters. The lowest BCUT2D eigenvalue weighted by atomic mass is 10.1. The van der Waals surface area contributed by atoms with Crippen molar-refractivity contribution in [3.63, 3.8) is 0 Å². The van der Waals surface area contributed by atoms with E-state index in [2.05, 4.69) is 58.1 Å². The van der Waals surface area contributed by atoms with Crippen molar-refractivity contribution in [3.05, 3.63) is 48.0 Å². The van der Waals surface area contributed by atoms with Crippen LogP contribution in [0.25, 0.3) is 10.8 Å². The van der Waals surface area contributed by atoms with Gasteiger partial charge in [0, 0.05) is 38.6 Å². The number of halogens is 1. The molecule has 1 aliphatic rings. The molecule has 0 aromatic heterocycles. The first-order valence-corrected chi connectivity index (χ1v) is 9.80. The fourth-order valence-corrected chi connectivity index (χ4v) is 3.55. The molecule has 0 saturated carbocycles. The Hall–Kier alpha value is -1.83. The molecule has 1 heterocycles. The minimum atomic E-state index is 0. The predicted molar refractivity (Wildman–Crippen MR) is 127 cm³/mol. The lowest BCUT2D eigenvalue weighted by Crippen LogP contribution is -2.45. The summed E-state index contributed by atoms with van der Waals surface area (Å²) in [6.45, 7) is 6.30. The summed E-state index contributed by atoms with van der Waals surface area (Å²) in [5.74, 6) is 1.10. The largest absolute Gasteiger partial charge is 0.356 e. The molecule has 0 spiro atoms. The van der Waals surface area contributed by atoms with E-state index in [-0.39, 0.29) is 41.8 Å². The van der Waals surface area contributed by atoms with Crippen molar-refractivity contribution in [3.8, 4) is 0 Å². The molecule has 1 saturated heterocycles. The molecule has 2 aromatic rings. The molecule has 1 aliphatic heterocycles. The van der Waals surface area contributed by atoms with E-state index in [0.717, 1.165) is 38.4 Å². The lowest BCUT2D eigenvalue weighted by Gasteiger charge is -2.20. The molecule has 3 rings (SSSR count). The minimum absolute atomic E-state index is 0. The second-order valence-corrected chi connectivity index (χ2v) is 7.50. The number of hydrogen-bond acceptors (Lipinski definition) is 2. The first-order valence-electron chi connectivity index (χ1n) is 9.80. The number of fused-ring (bicyclic) bond motifs is 1. The molecule has 2 N–H and O–H groups in total. The van der Waals surface area contributed by atoms with Gasteiger partial charge >= 0.3 is 0 Å². The van der Waals surface area contributed by atoms with E-state index in [1.807, 2.05) is 18.7 Å². The van der Waals surface area contributed by atoms with Crippen LogP contribution in [-0.2, 0) is 11.2 Å². The lowest BCUT2D eigenvalue weighted by molar-refractivity contribution is -0.133. The van der Waals surface area contributed by atoms with E-state index in [1.165, 1.54) is 16.3 Å². The Morgan fingerprint density at radius 1 is 1.21 bits per heavy atom. The predicted octanol–water partition coefficient (Wildman–Crippen LogP) is 3.42. The molecule has 28 heavy (non-hydrogen) atoms. The summed E-state index contributed by atoms with van der Waals surface area (Å²) in [5.41, 5.74) is 1.31. The quantitative estimate of drug-likeness (QED) is 0.381. The van der Waals surface area contributed by atoms with Gasteiger partial charge in [-0.2, -0.15) is 0 Å². The highest BCUT2D eigenvalue weighted by molar-refractivity contribution is 14.0. The number of hydrogen-bond donors (Lipinski definition) is 2. The number of nitrogens with zero attached hydrogens (tertiary/aromatic N) is 2. The zero-order valence-corrected chi connectivity index (χ0v) is 19.3. The molecule has 5 nitrogen and oxygen atoms in total. The molecule has 152 valence electrons. The van der Waals surface area contributed by atoms with Gasteiger partial charge in [-0.1, -0.05) is 56.3 Å². The Bertz CT molecular complexity index is 821. The van der Waals surface area contributed by atoms with Crippen molar-refractivity contribution >= 4 is 46.6 Å². The van der Waals surface area contributed by atoms with Crippen molar-refractivity contribution < 1.29 is 4.79 Å². The minimum Gasteiger partial charge on any atom is -0.356 e. The maximum absolute atomic E-state index is 12.1. The van der Waals surface area contributed by atoms with Crippen LogP contribution in [0.15, 0.2) is 47.5 Å². The maximum atomic E-state index is 12.1. The van der Waals surface area contributed by atoms with Crippen LogP contribution in [0.1, 0.15) is 25.8 Å². The number of guanidine groups is 1. The van der Waals surface area contributed by atoms with Crippen LogP contribution in [0.3, 0.4) is 0 Å². The van der Waals surface area contributed by atoms with E-state index in [4.69, 9.17) is 0 Å². The fourth-order valence-electron chi connectivity index (χ4n) is 3.55. The van der Waals surface area contributed by atoms with Crippen LogP contribution < -0.4 is 10.6 Å². The second-order valence-electron chi connectivity index (χ2n) is 7.50. The summed E-state index contributed by atoms with van der Waals surface area (Å²) >= 11 is 0. The summed E-state index contributed by atoms with van der Waals surface area (Å²) in [6.07, 6.45) is 1.90. The summed E-state index contributed by atoms with van der Waals surface area (Å²) in [6, 6.07) is 15.3. The van der Waals surface area contributed by atoms with Crippen molar-refractivity contribution in [2.24, 2.45) is 10.9 Å². The Balaban J connectivity index is 0.00000280. The van der Waals surface area contributed by atoms with Crippen molar-refractivity contribution in [2.45, 2.75) is 32.7 Å². The highest BCUT2D eigenvalue weighted by atomic mass is 127. The van der Waals surface area contributed by atoms with E-state index in [9.17, 15) is 4.79 Å². The van der Waals surface area contributed by atoms with Crippen molar-refractivity contribution in [2.75, 3.05) is 26.7 Å². The Labute approximate surface area is 185 Å². The maximum Gasteiger partial charge on any atom is 0.225 e. The van der Waals surface area contributed by atoms with Gasteiger partial charge in [0.2, 0.25) is 5.91 Å². The highest BCUT2D eigenvalue weighted by Crippen LogP contribution is 2.16. The van der Waals surface area contributed by atoms with Gasteiger partial charge in [-0.25, -0.2) is 0 Å². The van der Waals surface area contributed by atoms with Crippen LogP contribution in [0.5, 0.6) is 0 Å². The first kappa shape index (κ1) is 22.5. The molecule has 1 fully saturated rings. The summed E-state index contributed by atoms with van der Waals surface area (Å²) in [5, 5.41) is 9.39. The van der Waals surface area contributed by atoms with Crippen LogP contribution in [-0.4, -0.2) is 49.5 Å². The van der Waals surface area contributed by atoms with Gasteiger partial charge in [-0.3, -0.25) is 9.79 Å². The van der Waals surface area contributed by atoms with Crippen molar-refractivity contribution in [1.82, 2.24) is 15.5 Å². The number of carbonyl (C=O) groups excluding carboxylic acids is 1. The van der Waals surface area contributed by atoms with Crippen molar-refractivity contribution in [1.29, 1.82) is 0 Å². The molecule has 2 aromatic carbocycles. The molecule has 6 heteroatoms. The van der Waals surface area contributed by atoms with Gasteiger partial charge in [0.25, 0.3) is 0 Å². The number of amides is 1. The second kappa shape index (κ2) is 10.6. The number of nitrogens with one attached hydrogen (secondary N) is 2. The molecular formula is C22H31IN4O. The van der Waals surface area contributed by atoms with Gasteiger partial charge in [0.1, 0.15) is 0 Å². The average Bonchev–Trinajstić information content (AvgIpc) is 3.14. The molecule has 1 amide bonds. The van der Waals surface area contributed by atoms with Gasteiger partial charge in [-0.15, -0.1) is 24.0 Å². The zero-order valence-electron chi connectivity index (χ0n) is 16.9. The third-order valence-electron chi connectivity index (χ3n) is 5.08. The van der Waals surface area contributed by atoms with E-state index < -0.39 is 0 Å². The number of likely N-dealkylation sites (tertiary alicyclic amines) is 1. The Morgan fingerprint density at radius 2 is 1.96 bits per heavy atom. The van der Waals surface area contributed by atoms with Crippen LogP contribution in [0.4, 0.5) is 0 Å². The Kier molecular flexibility index (Phi) is 8.54. The molecule has 0 radical (unpaired) electrons. The Morgan fingerprint density at radius 3 is 2.68 bits per heavy atom. The third kappa shape index (κ3) is 5.83. The standard InChI is InChI=1S/C22H30N4O.HI/c1-16(2)21(27)26-13-11-20(15-26)25-22(23-3)24-12-10-17-8-9-18-6-4-5-7-19(18)14-17;/h4-9,14,16,20H,10-13,15H2,1-3H3,(H2,23,24,25);1H. The smallest absolute Gasteiger partial charge is 0.225 e. The molecule has 1 unspecified atom stereocenters. The molecular weight excluding hydrogens is 463 g/mol. The van der Waals surface area contributed by atoms with Crippen LogP contribution in [0, 0.1) is 5.92 Å². The summed E-state index contributed by atoms with van der Waals surface area (Å²) in [7, 11) is 1.79. The third-order valence-corrected chi connectivity index (χ3v) is 5.08. The van der Waals surface area contributed by atoms with E-state index >= 15 is 0 Å². The fraction of sp³-hybridized carbons (Fsp3) is 0.455. The number of rotatable bonds is 5.